The van der Waals surface area contributed by atoms with E-state index in [2.05, 4.69) is 16.6 Å². The summed E-state index contributed by atoms with van der Waals surface area (Å²) in [4.78, 5) is 0.838. The van der Waals surface area contributed by atoms with E-state index in [0.717, 1.165) is 10.4 Å². The van der Waals surface area contributed by atoms with Gasteiger partial charge in [0.25, 0.3) is 0 Å². The van der Waals surface area contributed by atoms with E-state index < -0.39 is 15.3 Å². The quantitative estimate of drug-likeness (QED) is 0.781. The van der Waals surface area contributed by atoms with Crippen LogP contribution >= 0.6 is 11.3 Å². The third kappa shape index (κ3) is 4.13. The van der Waals surface area contributed by atoms with Crippen LogP contribution in [0.1, 0.15) is 17.4 Å². The van der Waals surface area contributed by atoms with Crippen LogP contribution in [-0.4, -0.2) is 20.2 Å². The van der Waals surface area contributed by atoms with Gasteiger partial charge in [-0.1, -0.05) is 11.8 Å². The summed E-state index contributed by atoms with van der Waals surface area (Å²) in [6, 6.07) is 3.49. The minimum Gasteiger partial charge on any atom is -0.320 e. The summed E-state index contributed by atoms with van der Waals surface area (Å²) in [5, 5.41) is 9.34. The van der Waals surface area contributed by atoms with Crippen molar-refractivity contribution in [2.24, 2.45) is 5.73 Å². The fraction of sp³-hybridized carbons (Fsp3) is 0.364. The number of sulfonamides is 1. The molecule has 18 heavy (non-hydrogen) atoms. The highest BCUT2D eigenvalue weighted by molar-refractivity contribution is 7.90. The Labute approximate surface area is 111 Å². The molecule has 0 radical (unpaired) electrons. The van der Waals surface area contributed by atoms with E-state index in [0.29, 0.717) is 0 Å². The predicted molar refractivity (Wildman–Crippen MR) is 71.1 cm³/mol. The number of nitriles is 1. The first-order valence-electron chi connectivity index (χ1n) is 5.14. The molecular weight excluding hydrogens is 270 g/mol. The van der Waals surface area contributed by atoms with Gasteiger partial charge in [0.1, 0.15) is 0 Å². The lowest BCUT2D eigenvalue weighted by molar-refractivity contribution is 0.577. The average molecular weight is 283 g/mol. The van der Waals surface area contributed by atoms with Crippen molar-refractivity contribution in [3.05, 3.63) is 21.9 Å². The maximum Gasteiger partial charge on any atom is 0.228 e. The molecule has 0 saturated heterocycles. The van der Waals surface area contributed by atoms with Crippen molar-refractivity contribution in [2.75, 3.05) is 6.54 Å². The first kappa shape index (κ1) is 14.7. The van der Waals surface area contributed by atoms with Gasteiger partial charge in [-0.05, 0) is 13.0 Å². The SMILES string of the molecule is CC(C#N)S(=O)(=O)NCc1cc(C#CCN)cs1. The van der Waals surface area contributed by atoms with E-state index in [1.54, 1.807) is 12.1 Å². The molecule has 1 aromatic heterocycles. The van der Waals surface area contributed by atoms with Gasteiger partial charge < -0.3 is 5.73 Å². The van der Waals surface area contributed by atoms with Crippen LogP contribution in [-0.2, 0) is 16.6 Å². The number of hydrogen-bond donors (Lipinski definition) is 2. The second-order valence-electron chi connectivity index (χ2n) is 3.45. The molecule has 0 aliphatic rings. The monoisotopic (exact) mass is 283 g/mol. The van der Waals surface area contributed by atoms with Crippen molar-refractivity contribution in [1.29, 1.82) is 5.26 Å². The molecule has 1 rings (SSSR count). The Morgan fingerprint density at radius 3 is 2.94 bits per heavy atom. The summed E-state index contributed by atoms with van der Waals surface area (Å²) in [7, 11) is -3.58. The Morgan fingerprint density at radius 2 is 2.33 bits per heavy atom. The zero-order chi connectivity index (χ0) is 13.6. The standard InChI is InChI=1S/C11H13N3O2S2/c1-9(6-13)18(15,16)14-7-11-5-10(8-17-11)3-2-4-12/h5,8-9,14H,4,7,12H2,1H3. The van der Waals surface area contributed by atoms with Crippen LogP contribution in [0.25, 0.3) is 0 Å². The molecule has 1 heterocycles. The first-order valence-corrected chi connectivity index (χ1v) is 7.56. The molecule has 0 aliphatic heterocycles. The van der Waals surface area contributed by atoms with Gasteiger partial charge in [0.15, 0.2) is 5.25 Å². The summed E-state index contributed by atoms with van der Waals surface area (Å²) < 4.78 is 25.5. The number of hydrogen-bond acceptors (Lipinski definition) is 5. The Balaban J connectivity index is 2.65. The van der Waals surface area contributed by atoms with Gasteiger partial charge in [-0.25, -0.2) is 13.1 Å². The van der Waals surface area contributed by atoms with Crippen LogP contribution in [0, 0.1) is 23.2 Å². The largest absolute Gasteiger partial charge is 0.320 e. The summed E-state index contributed by atoms with van der Waals surface area (Å²) in [5.41, 5.74) is 6.07. The minimum atomic E-state index is -3.58. The van der Waals surface area contributed by atoms with E-state index in [9.17, 15) is 8.42 Å². The number of nitrogens with one attached hydrogen (secondary N) is 1. The second kappa shape index (κ2) is 6.53. The molecule has 0 spiro atoms. The summed E-state index contributed by atoms with van der Waals surface area (Å²) >= 11 is 1.41. The molecule has 7 heteroatoms. The number of thiophene rings is 1. The molecule has 0 saturated carbocycles. The van der Waals surface area contributed by atoms with Gasteiger partial charge in [-0.2, -0.15) is 5.26 Å². The maximum atomic E-state index is 11.5. The highest BCUT2D eigenvalue weighted by Crippen LogP contribution is 2.14. The van der Waals surface area contributed by atoms with Gasteiger partial charge in [0, 0.05) is 22.4 Å². The van der Waals surface area contributed by atoms with Crippen molar-refractivity contribution < 1.29 is 8.42 Å². The molecule has 0 aromatic carbocycles. The van der Waals surface area contributed by atoms with Crippen LogP contribution in [0.5, 0.6) is 0 Å². The van der Waals surface area contributed by atoms with E-state index in [1.807, 2.05) is 5.38 Å². The van der Waals surface area contributed by atoms with Crippen molar-refractivity contribution in [3.8, 4) is 17.9 Å². The summed E-state index contributed by atoms with van der Waals surface area (Å²) in [6.07, 6.45) is 0. The Kier molecular flexibility index (Phi) is 5.32. The van der Waals surface area contributed by atoms with Crippen molar-refractivity contribution in [1.82, 2.24) is 4.72 Å². The fourth-order valence-electron chi connectivity index (χ4n) is 1.06. The molecule has 1 atom stereocenters. The van der Waals surface area contributed by atoms with Crippen LogP contribution < -0.4 is 10.5 Å². The zero-order valence-corrected chi connectivity index (χ0v) is 11.4. The molecule has 0 aliphatic carbocycles. The first-order chi connectivity index (χ1) is 8.49. The Hall–Kier alpha value is -1.38. The van der Waals surface area contributed by atoms with Gasteiger partial charge in [-0.15, -0.1) is 11.3 Å². The van der Waals surface area contributed by atoms with Gasteiger partial charge >= 0.3 is 0 Å². The lowest BCUT2D eigenvalue weighted by Crippen LogP contribution is -2.30. The van der Waals surface area contributed by atoms with Crippen molar-refractivity contribution >= 4 is 21.4 Å². The molecule has 3 N–H and O–H groups in total. The van der Waals surface area contributed by atoms with E-state index >= 15 is 0 Å². The highest BCUT2D eigenvalue weighted by Gasteiger charge is 2.19. The van der Waals surface area contributed by atoms with Gasteiger partial charge in [0.2, 0.25) is 10.0 Å². The number of nitrogens with zero attached hydrogens (tertiary/aromatic N) is 1. The lowest BCUT2D eigenvalue weighted by atomic mass is 10.3. The van der Waals surface area contributed by atoms with E-state index in [-0.39, 0.29) is 13.1 Å². The van der Waals surface area contributed by atoms with Gasteiger partial charge in [-0.3, -0.25) is 0 Å². The third-order valence-corrected chi connectivity index (χ3v) is 4.60. The maximum absolute atomic E-state index is 11.5. The Morgan fingerprint density at radius 1 is 1.61 bits per heavy atom. The fourth-order valence-corrected chi connectivity index (χ4v) is 2.65. The molecular formula is C11H13N3O2S2. The van der Waals surface area contributed by atoms with Crippen molar-refractivity contribution in [3.63, 3.8) is 0 Å². The summed E-state index contributed by atoms with van der Waals surface area (Å²) in [5.74, 6) is 5.58. The molecule has 0 amide bonds. The summed E-state index contributed by atoms with van der Waals surface area (Å²) in [6.45, 7) is 1.80. The van der Waals surface area contributed by atoms with E-state index in [1.165, 1.54) is 18.3 Å². The second-order valence-corrected chi connectivity index (χ2v) is 6.53. The van der Waals surface area contributed by atoms with Crippen molar-refractivity contribution in [2.45, 2.75) is 18.7 Å². The van der Waals surface area contributed by atoms with Crippen LogP contribution in [0.15, 0.2) is 11.4 Å². The third-order valence-electron chi connectivity index (χ3n) is 2.08. The zero-order valence-electron chi connectivity index (χ0n) is 9.80. The average Bonchev–Trinajstić information content (AvgIpc) is 2.81. The molecule has 5 nitrogen and oxygen atoms in total. The number of nitrogens with two attached hydrogens (primary N) is 1. The van der Waals surface area contributed by atoms with Crippen LogP contribution in [0.4, 0.5) is 0 Å². The van der Waals surface area contributed by atoms with Gasteiger partial charge in [0.05, 0.1) is 12.6 Å². The number of rotatable bonds is 4. The molecule has 0 bridgehead atoms. The van der Waals surface area contributed by atoms with Crippen LogP contribution in [0.2, 0.25) is 0 Å². The Bertz CT molecular complexity index is 602. The predicted octanol–water partition coefficient (Wildman–Crippen LogP) is 0.390. The lowest BCUT2D eigenvalue weighted by Gasteiger charge is -2.05. The normalized spacial score (nSPS) is 12.3. The smallest absolute Gasteiger partial charge is 0.228 e. The van der Waals surface area contributed by atoms with Crippen LogP contribution in [0.3, 0.4) is 0 Å². The minimum absolute atomic E-state index is 0.170. The molecule has 1 unspecified atom stereocenters. The topological polar surface area (TPSA) is 96.0 Å². The molecule has 0 fully saturated rings. The molecule has 96 valence electrons. The molecule has 1 aromatic rings. The highest BCUT2D eigenvalue weighted by atomic mass is 32.2. The van der Waals surface area contributed by atoms with E-state index in [4.69, 9.17) is 11.0 Å².